The molecular formula is C25H30N2O5S2. The number of carbonyl (C=O) groups excluding carboxylic acids is 1. The minimum Gasteiger partial charge on any atom is -0.496 e. The molecule has 0 aliphatic rings. The lowest BCUT2D eigenvalue weighted by atomic mass is 9.87. The second-order valence-electron chi connectivity index (χ2n) is 8.96. The van der Waals surface area contributed by atoms with Gasteiger partial charge in [0.2, 0.25) is 0 Å². The van der Waals surface area contributed by atoms with Crippen molar-refractivity contribution in [2.24, 2.45) is 0 Å². The summed E-state index contributed by atoms with van der Waals surface area (Å²) < 4.78 is 39.7. The van der Waals surface area contributed by atoms with E-state index in [2.05, 4.69) is 30.6 Å². The lowest BCUT2D eigenvalue weighted by Gasteiger charge is -2.19. The van der Waals surface area contributed by atoms with E-state index < -0.39 is 10.0 Å². The largest absolute Gasteiger partial charge is 0.496 e. The summed E-state index contributed by atoms with van der Waals surface area (Å²) in [6.07, 6.45) is 2.26. The standard InChI is InChI=1S/C25H30N2O5S2/c1-17-9-12-19(16-22(17)31-5)33-23-21(8-6-7-15-28)32-26-24(23)27-34(29,30)20-13-10-18(11-14-20)25(2,3)4/h9-16H,6-8H2,1-5H3,(H,26,27). The molecule has 0 unspecified atom stereocenters. The Bertz CT molecular complexity index is 1240. The minimum absolute atomic E-state index is 0.0862. The van der Waals surface area contributed by atoms with Crippen LogP contribution in [0.4, 0.5) is 5.82 Å². The van der Waals surface area contributed by atoms with E-state index >= 15 is 0 Å². The molecule has 0 saturated carbocycles. The van der Waals surface area contributed by atoms with Crippen molar-refractivity contribution >= 4 is 33.9 Å². The number of aldehydes is 1. The Kier molecular flexibility index (Phi) is 8.09. The van der Waals surface area contributed by atoms with Crippen molar-refractivity contribution in [2.75, 3.05) is 11.8 Å². The van der Waals surface area contributed by atoms with E-state index in [0.29, 0.717) is 29.9 Å². The molecule has 0 fully saturated rings. The highest BCUT2D eigenvalue weighted by atomic mass is 32.2. The summed E-state index contributed by atoms with van der Waals surface area (Å²) in [4.78, 5) is 12.3. The number of aryl methyl sites for hydroxylation is 2. The number of hydrogen-bond acceptors (Lipinski definition) is 7. The van der Waals surface area contributed by atoms with Crippen LogP contribution in [0.1, 0.15) is 50.5 Å². The molecule has 0 atom stereocenters. The van der Waals surface area contributed by atoms with Crippen LogP contribution in [-0.2, 0) is 26.7 Å². The monoisotopic (exact) mass is 502 g/mol. The highest BCUT2D eigenvalue weighted by Crippen LogP contribution is 2.39. The van der Waals surface area contributed by atoms with Gasteiger partial charge in [0.15, 0.2) is 11.6 Å². The quantitative estimate of drug-likeness (QED) is 0.278. The number of unbranched alkanes of at least 4 members (excludes halogenated alkanes) is 1. The van der Waals surface area contributed by atoms with Crippen LogP contribution in [0.5, 0.6) is 5.75 Å². The van der Waals surface area contributed by atoms with Gasteiger partial charge in [0.05, 0.1) is 12.0 Å². The van der Waals surface area contributed by atoms with Gasteiger partial charge in [0.25, 0.3) is 10.0 Å². The first-order valence-electron chi connectivity index (χ1n) is 10.9. The fraction of sp³-hybridized carbons (Fsp3) is 0.360. The minimum atomic E-state index is -3.89. The predicted octanol–water partition coefficient (Wildman–Crippen LogP) is 5.76. The highest BCUT2D eigenvalue weighted by molar-refractivity contribution is 7.99. The molecule has 0 aliphatic heterocycles. The lowest BCUT2D eigenvalue weighted by molar-refractivity contribution is -0.107. The van der Waals surface area contributed by atoms with Crippen LogP contribution in [-0.4, -0.2) is 27.0 Å². The van der Waals surface area contributed by atoms with Crippen molar-refractivity contribution in [1.82, 2.24) is 5.16 Å². The molecule has 0 radical (unpaired) electrons. The summed E-state index contributed by atoms with van der Waals surface area (Å²) in [5.41, 5.74) is 1.94. The molecule has 2 aromatic carbocycles. The van der Waals surface area contributed by atoms with Gasteiger partial charge in [-0.1, -0.05) is 55.9 Å². The Morgan fingerprint density at radius 3 is 2.47 bits per heavy atom. The van der Waals surface area contributed by atoms with Crippen LogP contribution in [0, 0.1) is 6.92 Å². The molecule has 1 aromatic heterocycles. The Balaban J connectivity index is 1.93. The van der Waals surface area contributed by atoms with Crippen LogP contribution in [0.15, 0.2) is 61.7 Å². The van der Waals surface area contributed by atoms with E-state index in [0.717, 1.165) is 28.1 Å². The fourth-order valence-corrected chi connectivity index (χ4v) is 5.34. The van der Waals surface area contributed by atoms with Gasteiger partial charge in [0, 0.05) is 17.7 Å². The normalized spacial score (nSPS) is 11.9. The summed E-state index contributed by atoms with van der Waals surface area (Å²) in [5.74, 6) is 1.36. The number of carbonyl (C=O) groups is 1. The fourth-order valence-electron chi connectivity index (χ4n) is 3.29. The highest BCUT2D eigenvalue weighted by Gasteiger charge is 2.24. The Labute approximate surface area is 205 Å². The van der Waals surface area contributed by atoms with Gasteiger partial charge in [-0.25, -0.2) is 8.42 Å². The second kappa shape index (κ2) is 10.7. The molecule has 9 heteroatoms. The number of rotatable bonds is 10. The molecule has 3 rings (SSSR count). The van der Waals surface area contributed by atoms with E-state index in [1.165, 1.54) is 11.8 Å². The number of benzene rings is 2. The van der Waals surface area contributed by atoms with Gasteiger partial charge in [-0.05, 0) is 54.2 Å². The first kappa shape index (κ1) is 25.8. The first-order valence-corrected chi connectivity index (χ1v) is 13.2. The van der Waals surface area contributed by atoms with E-state index in [-0.39, 0.29) is 16.1 Å². The Morgan fingerprint density at radius 1 is 1.15 bits per heavy atom. The summed E-state index contributed by atoms with van der Waals surface area (Å²) in [6.45, 7) is 8.15. The van der Waals surface area contributed by atoms with Gasteiger partial charge in [-0.3, -0.25) is 4.72 Å². The van der Waals surface area contributed by atoms with E-state index in [9.17, 15) is 13.2 Å². The molecule has 34 heavy (non-hydrogen) atoms. The topological polar surface area (TPSA) is 98.5 Å². The molecule has 1 heterocycles. The third kappa shape index (κ3) is 6.21. The lowest BCUT2D eigenvalue weighted by Crippen LogP contribution is -2.15. The summed E-state index contributed by atoms with van der Waals surface area (Å²) in [6, 6.07) is 12.5. The number of nitrogens with one attached hydrogen (secondary N) is 1. The van der Waals surface area contributed by atoms with Crippen LogP contribution in [0.2, 0.25) is 0 Å². The van der Waals surface area contributed by atoms with Crippen LogP contribution in [0.25, 0.3) is 0 Å². The summed E-state index contributed by atoms with van der Waals surface area (Å²) in [5, 5.41) is 4.01. The van der Waals surface area contributed by atoms with Crippen LogP contribution < -0.4 is 9.46 Å². The van der Waals surface area contributed by atoms with Crippen molar-refractivity contribution in [2.45, 2.75) is 67.1 Å². The number of anilines is 1. The molecule has 0 amide bonds. The van der Waals surface area contributed by atoms with Crippen molar-refractivity contribution in [1.29, 1.82) is 0 Å². The third-order valence-corrected chi connectivity index (χ3v) is 7.77. The number of ether oxygens (including phenoxy) is 1. The molecule has 7 nitrogen and oxygen atoms in total. The molecule has 1 N–H and O–H groups in total. The molecule has 182 valence electrons. The number of hydrogen-bond donors (Lipinski definition) is 1. The van der Waals surface area contributed by atoms with Gasteiger partial charge in [-0.2, -0.15) is 0 Å². The molecule has 0 aliphatic carbocycles. The number of nitrogens with zero attached hydrogens (tertiary/aromatic N) is 1. The molecule has 0 bridgehead atoms. The Morgan fingerprint density at radius 2 is 1.85 bits per heavy atom. The van der Waals surface area contributed by atoms with Crippen molar-refractivity contribution < 1.29 is 22.5 Å². The zero-order valence-corrected chi connectivity index (χ0v) is 21.7. The Hall–Kier alpha value is -2.78. The maximum atomic E-state index is 13.1. The molecule has 3 aromatic rings. The van der Waals surface area contributed by atoms with Gasteiger partial charge < -0.3 is 14.1 Å². The van der Waals surface area contributed by atoms with Gasteiger partial charge in [0.1, 0.15) is 16.9 Å². The van der Waals surface area contributed by atoms with E-state index in [1.54, 1.807) is 19.2 Å². The molecule has 0 saturated heterocycles. The zero-order chi connectivity index (χ0) is 24.9. The van der Waals surface area contributed by atoms with Gasteiger partial charge in [-0.15, -0.1) is 0 Å². The third-order valence-electron chi connectivity index (χ3n) is 5.30. The number of methoxy groups -OCH3 is 1. The summed E-state index contributed by atoms with van der Waals surface area (Å²) >= 11 is 1.33. The SMILES string of the molecule is COc1cc(Sc2c(NS(=O)(=O)c3ccc(C(C)(C)C)cc3)noc2CCCC=O)ccc1C. The predicted molar refractivity (Wildman–Crippen MR) is 133 cm³/mol. The van der Waals surface area contributed by atoms with Gasteiger partial charge >= 0.3 is 0 Å². The number of sulfonamides is 1. The second-order valence-corrected chi connectivity index (χ2v) is 11.7. The first-order chi connectivity index (χ1) is 16.0. The van der Waals surface area contributed by atoms with Crippen LogP contribution in [0.3, 0.4) is 0 Å². The number of aromatic nitrogens is 1. The maximum Gasteiger partial charge on any atom is 0.263 e. The average Bonchev–Trinajstić information content (AvgIpc) is 3.15. The average molecular weight is 503 g/mol. The van der Waals surface area contributed by atoms with Crippen molar-refractivity contribution in [3.05, 3.63) is 59.4 Å². The van der Waals surface area contributed by atoms with Crippen molar-refractivity contribution in [3.63, 3.8) is 0 Å². The van der Waals surface area contributed by atoms with E-state index in [1.807, 2.05) is 37.3 Å². The summed E-state index contributed by atoms with van der Waals surface area (Å²) in [7, 11) is -2.29. The van der Waals surface area contributed by atoms with Crippen molar-refractivity contribution in [3.8, 4) is 5.75 Å². The van der Waals surface area contributed by atoms with E-state index in [4.69, 9.17) is 9.26 Å². The maximum absolute atomic E-state index is 13.1. The zero-order valence-electron chi connectivity index (χ0n) is 20.0. The smallest absolute Gasteiger partial charge is 0.263 e. The van der Waals surface area contributed by atoms with Crippen LogP contribution >= 0.6 is 11.8 Å². The molecule has 0 spiro atoms. The molecular weight excluding hydrogens is 472 g/mol.